The summed E-state index contributed by atoms with van der Waals surface area (Å²) in [5, 5.41) is 12.4. The SMILES string of the molecule is Cc1ccc(CNc2nc(NC[C@H](C)N)nc3c2cnn3C)cc1Cl. The normalized spacial score (nSPS) is 12.4. The van der Waals surface area contributed by atoms with Gasteiger partial charge < -0.3 is 16.4 Å². The van der Waals surface area contributed by atoms with Crippen molar-refractivity contribution in [1.29, 1.82) is 0 Å². The Morgan fingerprint density at radius 2 is 2.08 bits per heavy atom. The molecule has 3 rings (SSSR count). The van der Waals surface area contributed by atoms with E-state index in [-0.39, 0.29) is 6.04 Å². The molecule has 0 unspecified atom stereocenters. The molecule has 0 saturated carbocycles. The van der Waals surface area contributed by atoms with Gasteiger partial charge in [0.1, 0.15) is 5.82 Å². The fourth-order valence-electron chi connectivity index (χ4n) is 2.42. The maximum Gasteiger partial charge on any atom is 0.226 e. The summed E-state index contributed by atoms with van der Waals surface area (Å²) in [5.74, 6) is 1.25. The highest BCUT2D eigenvalue weighted by atomic mass is 35.5. The Hall–Kier alpha value is -2.38. The van der Waals surface area contributed by atoms with E-state index >= 15 is 0 Å². The molecule has 0 aliphatic heterocycles. The van der Waals surface area contributed by atoms with Crippen LogP contribution in [-0.4, -0.2) is 32.3 Å². The molecule has 4 N–H and O–H groups in total. The first-order valence-electron chi connectivity index (χ1n) is 8.12. The molecule has 0 spiro atoms. The van der Waals surface area contributed by atoms with Gasteiger partial charge in [-0.05, 0) is 31.0 Å². The minimum atomic E-state index is 0.0111. The molecular formula is C17H22ClN7. The van der Waals surface area contributed by atoms with E-state index in [4.69, 9.17) is 17.3 Å². The number of rotatable bonds is 6. The van der Waals surface area contributed by atoms with Crippen LogP contribution in [-0.2, 0) is 13.6 Å². The topological polar surface area (TPSA) is 93.7 Å². The highest BCUT2D eigenvalue weighted by molar-refractivity contribution is 6.31. The van der Waals surface area contributed by atoms with Gasteiger partial charge in [0.15, 0.2) is 5.65 Å². The van der Waals surface area contributed by atoms with Crippen molar-refractivity contribution in [2.45, 2.75) is 26.4 Å². The van der Waals surface area contributed by atoms with Crippen LogP contribution in [0.25, 0.3) is 11.0 Å². The average molecular weight is 360 g/mol. The van der Waals surface area contributed by atoms with Crippen molar-refractivity contribution in [2.75, 3.05) is 17.2 Å². The van der Waals surface area contributed by atoms with Crippen molar-refractivity contribution in [3.63, 3.8) is 0 Å². The van der Waals surface area contributed by atoms with Crippen molar-refractivity contribution >= 4 is 34.4 Å². The number of aryl methyl sites for hydroxylation is 2. The van der Waals surface area contributed by atoms with E-state index < -0.39 is 0 Å². The zero-order chi connectivity index (χ0) is 18.0. The Kier molecular flexibility index (Phi) is 5.06. The molecule has 0 aliphatic rings. The van der Waals surface area contributed by atoms with E-state index in [2.05, 4.69) is 25.7 Å². The lowest BCUT2D eigenvalue weighted by molar-refractivity contribution is 0.768. The number of halogens is 1. The van der Waals surface area contributed by atoms with Gasteiger partial charge in [-0.2, -0.15) is 15.1 Å². The van der Waals surface area contributed by atoms with Crippen LogP contribution in [0.3, 0.4) is 0 Å². The maximum absolute atomic E-state index is 6.20. The van der Waals surface area contributed by atoms with Crippen LogP contribution >= 0.6 is 11.6 Å². The second-order valence-electron chi connectivity index (χ2n) is 6.20. The molecular weight excluding hydrogens is 338 g/mol. The molecule has 0 bridgehead atoms. The molecule has 25 heavy (non-hydrogen) atoms. The lowest BCUT2D eigenvalue weighted by Crippen LogP contribution is -2.26. The second kappa shape index (κ2) is 7.25. The largest absolute Gasteiger partial charge is 0.365 e. The zero-order valence-electron chi connectivity index (χ0n) is 14.5. The van der Waals surface area contributed by atoms with E-state index in [1.165, 1.54) is 0 Å². The second-order valence-corrected chi connectivity index (χ2v) is 6.60. The fraction of sp³-hybridized carbons (Fsp3) is 0.353. The molecule has 8 heteroatoms. The third kappa shape index (κ3) is 4.00. The Morgan fingerprint density at radius 1 is 1.28 bits per heavy atom. The van der Waals surface area contributed by atoms with E-state index in [1.807, 2.05) is 39.1 Å². The smallest absolute Gasteiger partial charge is 0.226 e. The Bertz CT molecular complexity index is 888. The fourth-order valence-corrected chi connectivity index (χ4v) is 2.62. The van der Waals surface area contributed by atoms with Crippen molar-refractivity contribution in [3.8, 4) is 0 Å². The van der Waals surface area contributed by atoms with Crippen molar-refractivity contribution in [2.24, 2.45) is 12.8 Å². The van der Waals surface area contributed by atoms with Crippen molar-refractivity contribution < 1.29 is 0 Å². The standard InChI is InChI=1S/C17H22ClN7/c1-10-4-5-12(6-14(10)18)8-20-15-13-9-22-25(3)16(13)24-17(23-15)21-7-11(2)19/h4-6,9,11H,7-8,19H2,1-3H3,(H2,20,21,23,24)/t11-/m0/s1. The summed E-state index contributed by atoms with van der Waals surface area (Å²) in [4.78, 5) is 9.08. The molecule has 1 atom stereocenters. The minimum Gasteiger partial charge on any atom is -0.365 e. The molecule has 0 saturated heterocycles. The van der Waals surface area contributed by atoms with Gasteiger partial charge in [0.2, 0.25) is 5.95 Å². The Labute approximate surface area is 151 Å². The van der Waals surface area contributed by atoms with Gasteiger partial charge in [-0.15, -0.1) is 0 Å². The van der Waals surface area contributed by atoms with E-state index in [0.29, 0.717) is 19.0 Å². The van der Waals surface area contributed by atoms with Gasteiger partial charge in [-0.25, -0.2) is 0 Å². The molecule has 0 amide bonds. The molecule has 0 fully saturated rings. The lowest BCUT2D eigenvalue weighted by atomic mass is 10.1. The molecule has 0 aliphatic carbocycles. The average Bonchev–Trinajstić information content (AvgIpc) is 2.95. The zero-order valence-corrected chi connectivity index (χ0v) is 15.3. The van der Waals surface area contributed by atoms with Crippen molar-refractivity contribution in [3.05, 3.63) is 40.5 Å². The Balaban J connectivity index is 1.86. The molecule has 7 nitrogen and oxygen atoms in total. The number of hydrogen-bond donors (Lipinski definition) is 3. The quantitative estimate of drug-likeness (QED) is 0.626. The number of nitrogens with two attached hydrogens (primary N) is 1. The van der Waals surface area contributed by atoms with Gasteiger partial charge in [-0.3, -0.25) is 4.68 Å². The summed E-state index contributed by atoms with van der Waals surface area (Å²) < 4.78 is 1.72. The highest BCUT2D eigenvalue weighted by Gasteiger charge is 2.12. The predicted octanol–water partition coefficient (Wildman–Crippen LogP) is 2.70. The number of nitrogens with zero attached hydrogens (tertiary/aromatic N) is 4. The van der Waals surface area contributed by atoms with Gasteiger partial charge in [0.05, 0.1) is 11.6 Å². The van der Waals surface area contributed by atoms with Gasteiger partial charge >= 0.3 is 0 Å². The van der Waals surface area contributed by atoms with Crippen molar-refractivity contribution in [1.82, 2.24) is 19.7 Å². The first kappa shape index (κ1) is 17.4. The third-order valence-electron chi connectivity index (χ3n) is 3.87. The first-order chi connectivity index (χ1) is 11.9. The number of hydrogen-bond acceptors (Lipinski definition) is 6. The number of benzene rings is 1. The van der Waals surface area contributed by atoms with E-state index in [1.54, 1.807) is 10.9 Å². The van der Waals surface area contributed by atoms with E-state index in [9.17, 15) is 0 Å². The third-order valence-corrected chi connectivity index (χ3v) is 4.28. The van der Waals surface area contributed by atoms with E-state index in [0.717, 1.165) is 33.0 Å². The van der Waals surface area contributed by atoms with Crippen LogP contribution in [0.2, 0.25) is 5.02 Å². The first-order valence-corrected chi connectivity index (χ1v) is 8.50. The summed E-state index contributed by atoms with van der Waals surface area (Å²) in [6, 6.07) is 6.03. The summed E-state index contributed by atoms with van der Waals surface area (Å²) >= 11 is 6.20. The highest BCUT2D eigenvalue weighted by Crippen LogP contribution is 2.23. The molecule has 2 heterocycles. The van der Waals surface area contributed by atoms with Crippen LogP contribution in [0.15, 0.2) is 24.4 Å². The predicted molar refractivity (Wildman–Crippen MR) is 102 cm³/mol. The van der Waals surface area contributed by atoms with Gasteiger partial charge in [0.25, 0.3) is 0 Å². The number of aromatic nitrogens is 4. The number of anilines is 2. The van der Waals surface area contributed by atoms with Crippen LogP contribution < -0.4 is 16.4 Å². The van der Waals surface area contributed by atoms with Crippen LogP contribution in [0.4, 0.5) is 11.8 Å². The maximum atomic E-state index is 6.20. The monoisotopic (exact) mass is 359 g/mol. The molecule has 1 aromatic carbocycles. The molecule has 3 aromatic rings. The van der Waals surface area contributed by atoms with Crippen LogP contribution in [0.1, 0.15) is 18.1 Å². The minimum absolute atomic E-state index is 0.0111. The van der Waals surface area contributed by atoms with Crippen LogP contribution in [0, 0.1) is 6.92 Å². The number of fused-ring (bicyclic) bond motifs is 1. The number of nitrogens with one attached hydrogen (secondary N) is 2. The molecule has 132 valence electrons. The summed E-state index contributed by atoms with van der Waals surface area (Å²) in [5.41, 5.74) is 8.69. The summed E-state index contributed by atoms with van der Waals surface area (Å²) in [7, 11) is 1.86. The van der Waals surface area contributed by atoms with Crippen LogP contribution in [0.5, 0.6) is 0 Å². The summed E-state index contributed by atoms with van der Waals surface area (Å²) in [6.07, 6.45) is 1.76. The molecule has 0 radical (unpaired) electrons. The van der Waals surface area contributed by atoms with Gasteiger partial charge in [0, 0.05) is 31.2 Å². The molecule has 2 aromatic heterocycles. The lowest BCUT2D eigenvalue weighted by Gasteiger charge is -2.12. The van der Waals surface area contributed by atoms with Gasteiger partial charge in [-0.1, -0.05) is 23.7 Å². The Morgan fingerprint density at radius 3 is 2.80 bits per heavy atom. The summed E-state index contributed by atoms with van der Waals surface area (Å²) in [6.45, 7) is 5.11.